The predicted molar refractivity (Wildman–Crippen MR) is 88.8 cm³/mol. The molecule has 1 aliphatic heterocycles. The second kappa shape index (κ2) is 10.1. The molecule has 0 fully saturated rings. The minimum atomic E-state index is -1.67. The molecule has 10 heteroatoms. The molecule has 148 valence electrons. The van der Waals surface area contributed by atoms with Crippen molar-refractivity contribution in [2.75, 3.05) is 6.54 Å². The van der Waals surface area contributed by atoms with Gasteiger partial charge in [-0.1, -0.05) is 13.3 Å². The van der Waals surface area contributed by atoms with Crippen molar-refractivity contribution in [3.63, 3.8) is 0 Å². The Hall–Kier alpha value is -2.17. The standard InChI is InChI=1S/C16H26N2O8/c1-3-4-5-12(22)17-7-10(21)14(23)15-13(18-8(2)19)9(20)6-11(26-15)16(24)25/h6,9-10,13-15,20-21,23H,3-5,7H2,1-2H3,(H,17,22)(H,18,19)(H,24,25)/t9?,10-,13-,14-,15?/m1/s1. The Morgan fingerprint density at radius 2 is 1.96 bits per heavy atom. The lowest BCUT2D eigenvalue weighted by molar-refractivity contribution is -0.147. The highest BCUT2D eigenvalue weighted by atomic mass is 16.5. The van der Waals surface area contributed by atoms with E-state index in [4.69, 9.17) is 9.84 Å². The number of aliphatic carboxylic acids is 1. The van der Waals surface area contributed by atoms with Gasteiger partial charge in [0, 0.05) is 19.9 Å². The van der Waals surface area contributed by atoms with Crippen LogP contribution in [0.4, 0.5) is 0 Å². The number of hydrogen-bond acceptors (Lipinski definition) is 7. The first-order chi connectivity index (χ1) is 12.2. The topological polar surface area (TPSA) is 165 Å². The van der Waals surface area contributed by atoms with Crippen molar-refractivity contribution in [1.82, 2.24) is 10.6 Å². The van der Waals surface area contributed by atoms with Gasteiger partial charge in [0.15, 0.2) is 6.10 Å². The summed E-state index contributed by atoms with van der Waals surface area (Å²) < 4.78 is 5.15. The van der Waals surface area contributed by atoms with E-state index in [1.165, 1.54) is 6.92 Å². The van der Waals surface area contributed by atoms with Gasteiger partial charge in [-0.25, -0.2) is 4.79 Å². The summed E-state index contributed by atoms with van der Waals surface area (Å²) >= 11 is 0. The van der Waals surface area contributed by atoms with Gasteiger partial charge in [0.05, 0.1) is 6.04 Å². The minimum absolute atomic E-state index is 0.276. The molecule has 0 radical (unpaired) electrons. The Labute approximate surface area is 150 Å². The summed E-state index contributed by atoms with van der Waals surface area (Å²) in [6.45, 7) is 2.81. The number of carboxylic acid groups (broad SMARTS) is 1. The molecule has 0 aliphatic carbocycles. The molecule has 1 aliphatic rings. The molecule has 2 amide bonds. The largest absolute Gasteiger partial charge is 0.478 e. The van der Waals surface area contributed by atoms with E-state index < -0.39 is 48.1 Å². The zero-order chi connectivity index (χ0) is 19.9. The summed E-state index contributed by atoms with van der Waals surface area (Å²) in [6, 6.07) is -1.17. The van der Waals surface area contributed by atoms with Gasteiger partial charge >= 0.3 is 5.97 Å². The van der Waals surface area contributed by atoms with Crippen molar-refractivity contribution in [1.29, 1.82) is 0 Å². The van der Waals surface area contributed by atoms with Crippen LogP contribution in [-0.2, 0) is 19.1 Å². The molecule has 6 N–H and O–H groups in total. The molecule has 26 heavy (non-hydrogen) atoms. The third-order valence-electron chi connectivity index (χ3n) is 3.88. The van der Waals surface area contributed by atoms with Gasteiger partial charge in [-0.3, -0.25) is 9.59 Å². The van der Waals surface area contributed by atoms with Gasteiger partial charge in [0.25, 0.3) is 0 Å². The average molecular weight is 374 g/mol. The SMILES string of the molecule is CCCCC(=O)NC[C@@H](O)[C@@H](O)C1OC(C(=O)O)=CC(O)[C@H]1NC(C)=O. The van der Waals surface area contributed by atoms with Crippen LogP contribution >= 0.6 is 0 Å². The molecule has 5 atom stereocenters. The Bertz CT molecular complexity index is 550. The van der Waals surface area contributed by atoms with Crippen LogP contribution < -0.4 is 10.6 Å². The molecule has 0 spiro atoms. The number of rotatable bonds is 9. The molecule has 10 nitrogen and oxygen atoms in total. The molecular weight excluding hydrogens is 348 g/mol. The van der Waals surface area contributed by atoms with Gasteiger partial charge in [-0.2, -0.15) is 0 Å². The number of nitrogens with one attached hydrogen (secondary N) is 2. The van der Waals surface area contributed by atoms with Crippen LogP contribution in [0.3, 0.4) is 0 Å². The third kappa shape index (κ3) is 6.28. The summed E-state index contributed by atoms with van der Waals surface area (Å²) in [5.41, 5.74) is 0. The van der Waals surface area contributed by atoms with E-state index in [1.807, 2.05) is 6.92 Å². The maximum absolute atomic E-state index is 11.6. The molecule has 2 unspecified atom stereocenters. The monoisotopic (exact) mass is 374 g/mol. The first kappa shape index (κ1) is 21.9. The number of unbranched alkanes of at least 4 members (excludes halogenated alkanes) is 1. The van der Waals surface area contributed by atoms with E-state index in [0.717, 1.165) is 12.5 Å². The van der Waals surface area contributed by atoms with Gasteiger partial charge in [-0.05, 0) is 12.5 Å². The normalized spacial score (nSPS) is 24.7. The smallest absolute Gasteiger partial charge is 0.370 e. The number of carboxylic acids is 1. The second-order valence-electron chi connectivity index (χ2n) is 6.10. The average Bonchev–Trinajstić information content (AvgIpc) is 2.58. The molecule has 0 aromatic rings. The number of amides is 2. The van der Waals surface area contributed by atoms with Crippen molar-refractivity contribution in [2.45, 2.75) is 63.6 Å². The van der Waals surface area contributed by atoms with Crippen LogP contribution in [0.2, 0.25) is 0 Å². The van der Waals surface area contributed by atoms with Crippen molar-refractivity contribution in [3.8, 4) is 0 Å². The molecular formula is C16H26N2O8. The fraction of sp³-hybridized carbons (Fsp3) is 0.688. The minimum Gasteiger partial charge on any atom is -0.478 e. The first-order valence-electron chi connectivity index (χ1n) is 8.37. The number of aliphatic hydroxyl groups is 3. The highest BCUT2D eigenvalue weighted by Crippen LogP contribution is 2.22. The lowest BCUT2D eigenvalue weighted by atomic mass is 9.93. The maximum atomic E-state index is 11.6. The van der Waals surface area contributed by atoms with Gasteiger partial charge < -0.3 is 35.8 Å². The van der Waals surface area contributed by atoms with Crippen LogP contribution in [-0.4, -0.2) is 75.2 Å². The molecule has 0 aromatic heterocycles. The Morgan fingerprint density at radius 1 is 1.31 bits per heavy atom. The summed E-state index contributed by atoms with van der Waals surface area (Å²) in [6.07, 6.45) is -3.35. The maximum Gasteiger partial charge on any atom is 0.370 e. The molecule has 0 saturated heterocycles. The van der Waals surface area contributed by atoms with Gasteiger partial charge in [-0.15, -0.1) is 0 Å². The van der Waals surface area contributed by atoms with Crippen LogP contribution in [0, 0.1) is 0 Å². The first-order valence-corrected chi connectivity index (χ1v) is 8.37. The van der Waals surface area contributed by atoms with Crippen molar-refractivity contribution in [3.05, 3.63) is 11.8 Å². The van der Waals surface area contributed by atoms with E-state index in [1.54, 1.807) is 0 Å². The molecule has 0 bridgehead atoms. The second-order valence-corrected chi connectivity index (χ2v) is 6.10. The molecule has 0 saturated carbocycles. The highest BCUT2D eigenvalue weighted by Gasteiger charge is 2.43. The number of hydrogen-bond donors (Lipinski definition) is 6. The van der Waals surface area contributed by atoms with Crippen molar-refractivity contribution in [2.24, 2.45) is 0 Å². The summed E-state index contributed by atoms with van der Waals surface area (Å²) in [5.74, 6) is -2.91. The zero-order valence-corrected chi connectivity index (χ0v) is 14.7. The number of carbonyl (C=O) groups is 3. The van der Waals surface area contributed by atoms with Crippen molar-refractivity contribution >= 4 is 17.8 Å². The van der Waals surface area contributed by atoms with E-state index in [0.29, 0.717) is 6.42 Å². The van der Waals surface area contributed by atoms with E-state index in [-0.39, 0.29) is 18.9 Å². The summed E-state index contributed by atoms with van der Waals surface area (Å²) in [5, 5.41) is 44.3. The van der Waals surface area contributed by atoms with Gasteiger partial charge in [0.2, 0.25) is 17.6 Å². The van der Waals surface area contributed by atoms with Crippen LogP contribution in [0.15, 0.2) is 11.8 Å². The Kier molecular flexibility index (Phi) is 8.49. The summed E-state index contributed by atoms with van der Waals surface area (Å²) in [4.78, 5) is 34.0. The number of ether oxygens (including phenoxy) is 1. The quantitative estimate of drug-likeness (QED) is 0.276. The molecule has 0 aromatic carbocycles. The van der Waals surface area contributed by atoms with E-state index in [2.05, 4.69) is 10.6 Å². The molecule has 1 rings (SSSR count). The van der Waals surface area contributed by atoms with Crippen LogP contribution in [0.5, 0.6) is 0 Å². The fourth-order valence-corrected chi connectivity index (χ4v) is 2.50. The Morgan fingerprint density at radius 3 is 2.50 bits per heavy atom. The lowest BCUT2D eigenvalue weighted by Gasteiger charge is -2.38. The lowest BCUT2D eigenvalue weighted by Crippen LogP contribution is -2.60. The zero-order valence-electron chi connectivity index (χ0n) is 14.7. The number of aliphatic hydroxyl groups excluding tert-OH is 3. The molecule has 1 heterocycles. The van der Waals surface area contributed by atoms with E-state index >= 15 is 0 Å². The fourth-order valence-electron chi connectivity index (χ4n) is 2.50. The van der Waals surface area contributed by atoms with Gasteiger partial charge in [0.1, 0.15) is 18.3 Å². The van der Waals surface area contributed by atoms with Crippen molar-refractivity contribution < 1.29 is 39.5 Å². The Balaban J connectivity index is 2.81. The highest BCUT2D eigenvalue weighted by molar-refractivity contribution is 5.84. The van der Waals surface area contributed by atoms with Crippen LogP contribution in [0.25, 0.3) is 0 Å². The number of carbonyl (C=O) groups excluding carboxylic acids is 2. The van der Waals surface area contributed by atoms with Crippen LogP contribution in [0.1, 0.15) is 33.1 Å². The predicted octanol–water partition coefficient (Wildman–Crippen LogP) is -1.75. The third-order valence-corrected chi connectivity index (χ3v) is 3.88. The van der Waals surface area contributed by atoms with E-state index in [9.17, 15) is 29.7 Å². The summed E-state index contributed by atoms with van der Waals surface area (Å²) in [7, 11) is 0.